The van der Waals surface area contributed by atoms with Gasteiger partial charge in [0, 0.05) is 69.7 Å². The number of nitrogens with one attached hydrogen (secondary N) is 1. The summed E-state index contributed by atoms with van der Waals surface area (Å²) in [5.74, 6) is -2.74. The Labute approximate surface area is 256 Å². The smallest absolute Gasteiger partial charge is 0.378 e. The van der Waals surface area contributed by atoms with E-state index in [1.807, 2.05) is 13.8 Å². The fourth-order valence-electron chi connectivity index (χ4n) is 4.77. The first-order valence-electron chi connectivity index (χ1n) is 14.2. The van der Waals surface area contributed by atoms with Crippen molar-refractivity contribution in [2.45, 2.75) is 33.0 Å². The van der Waals surface area contributed by atoms with Crippen LogP contribution in [0.15, 0.2) is 58.4 Å². The second-order valence-corrected chi connectivity index (χ2v) is 10.3. The molecule has 0 saturated carbocycles. The summed E-state index contributed by atoms with van der Waals surface area (Å²) >= 11 is 0. The zero-order valence-corrected chi connectivity index (χ0v) is 25.8. The molecule has 2 aromatic heterocycles. The molecule has 1 saturated heterocycles. The maximum atomic E-state index is 14.5. The summed E-state index contributed by atoms with van der Waals surface area (Å²) in [7, 11) is 5.07. The molecule has 0 bridgehead atoms. The largest absolute Gasteiger partial charge is 0.418 e. The molecule has 1 aliphatic heterocycles. The minimum Gasteiger partial charge on any atom is -0.378 e. The summed E-state index contributed by atoms with van der Waals surface area (Å²) in [6.07, 6.45) is -2.17. The Morgan fingerprint density at radius 3 is 2.13 bits per heavy atom. The van der Waals surface area contributed by atoms with Crippen molar-refractivity contribution >= 4 is 22.1 Å². The minimum atomic E-state index is -4.84. The zero-order chi connectivity index (χ0) is 33.6. The number of halogens is 6. The third-order valence-corrected chi connectivity index (χ3v) is 7.18. The second-order valence-electron chi connectivity index (χ2n) is 10.3. The first-order chi connectivity index (χ1) is 21.1. The Hall–Kier alpha value is -4.33. The highest BCUT2D eigenvalue weighted by Gasteiger charge is 2.34. The Morgan fingerprint density at radius 1 is 0.889 bits per heavy atom. The van der Waals surface area contributed by atoms with Crippen LogP contribution in [0, 0.1) is 17.5 Å². The number of hydrogen-bond donors (Lipinski definition) is 1. The first kappa shape index (κ1) is 35.2. The summed E-state index contributed by atoms with van der Waals surface area (Å²) in [6.45, 7) is 9.38. The number of fused-ring (bicyclic) bond motifs is 1. The molecule has 3 heterocycles. The molecular formula is C31H36F6N6O2. The van der Waals surface area contributed by atoms with E-state index in [1.165, 1.54) is 18.7 Å². The lowest BCUT2D eigenvalue weighted by atomic mass is 9.99. The van der Waals surface area contributed by atoms with Gasteiger partial charge in [-0.3, -0.25) is 9.59 Å². The molecule has 1 atom stereocenters. The van der Waals surface area contributed by atoms with E-state index in [-0.39, 0.29) is 21.9 Å². The van der Waals surface area contributed by atoms with Gasteiger partial charge >= 0.3 is 6.18 Å². The fraction of sp³-hybridized carbons (Fsp3) is 0.387. The van der Waals surface area contributed by atoms with E-state index in [0.717, 1.165) is 66.9 Å². The lowest BCUT2D eigenvalue weighted by molar-refractivity contribution is -0.137. The summed E-state index contributed by atoms with van der Waals surface area (Å²) in [4.78, 5) is 28.1. The monoisotopic (exact) mass is 638 g/mol. The Balaban J connectivity index is 0.000000273. The maximum Gasteiger partial charge on any atom is 0.418 e. The van der Waals surface area contributed by atoms with Crippen molar-refractivity contribution in [1.82, 2.24) is 19.2 Å². The van der Waals surface area contributed by atoms with Gasteiger partial charge in [-0.15, -0.1) is 0 Å². The number of aromatic nitrogens is 3. The van der Waals surface area contributed by atoms with Crippen molar-refractivity contribution in [1.29, 1.82) is 0 Å². The van der Waals surface area contributed by atoms with Crippen LogP contribution in [0.5, 0.6) is 0 Å². The van der Waals surface area contributed by atoms with Gasteiger partial charge in [0.15, 0.2) is 0 Å². The van der Waals surface area contributed by atoms with E-state index >= 15 is 0 Å². The quantitative estimate of drug-likeness (QED) is 0.289. The highest BCUT2D eigenvalue weighted by molar-refractivity contribution is 5.86. The third-order valence-electron chi connectivity index (χ3n) is 7.18. The molecule has 1 aliphatic rings. The summed E-state index contributed by atoms with van der Waals surface area (Å²) in [5, 5.41) is 6.10. The Morgan fingerprint density at radius 2 is 1.53 bits per heavy atom. The van der Waals surface area contributed by atoms with Crippen molar-refractivity contribution in [2.24, 2.45) is 14.1 Å². The molecule has 8 nitrogen and oxygen atoms in total. The number of pyridine rings is 1. The Kier molecular flexibility index (Phi) is 11.4. The first-order valence-corrected chi connectivity index (χ1v) is 14.2. The van der Waals surface area contributed by atoms with E-state index in [1.54, 1.807) is 19.3 Å². The number of hydrogen-bond acceptors (Lipinski definition) is 6. The number of nitrogens with zero attached hydrogens (tertiary/aromatic N) is 5. The highest BCUT2D eigenvalue weighted by Crippen LogP contribution is 2.37. The number of benzene rings is 2. The number of anilines is 2. The lowest BCUT2D eigenvalue weighted by Crippen LogP contribution is -2.45. The SMILES string of the molecule is CC.CN1CCN(c2cnn(C)c(=O)c2)CC1.C[C@@H](Nc1ccc(F)cc1C(F)(F)F)c1cc(F)cc2c(=O)n(C)cc(F)c12. The Bertz CT molecular complexity index is 1750. The molecule has 244 valence electrons. The van der Waals surface area contributed by atoms with E-state index < -0.39 is 46.5 Å². The normalized spacial score (nSPS) is 14.3. The van der Waals surface area contributed by atoms with Gasteiger partial charge in [0.05, 0.1) is 22.8 Å². The van der Waals surface area contributed by atoms with Crippen molar-refractivity contribution in [3.05, 3.63) is 98.1 Å². The summed E-state index contributed by atoms with van der Waals surface area (Å²) in [6, 6.07) is 4.50. The molecule has 0 unspecified atom stereocenters. The van der Waals surface area contributed by atoms with E-state index in [4.69, 9.17) is 0 Å². The van der Waals surface area contributed by atoms with Gasteiger partial charge in [0.1, 0.15) is 17.5 Å². The fourth-order valence-corrected chi connectivity index (χ4v) is 4.77. The van der Waals surface area contributed by atoms with Crippen molar-refractivity contribution in [3.63, 3.8) is 0 Å². The van der Waals surface area contributed by atoms with E-state index in [0.29, 0.717) is 6.07 Å². The van der Waals surface area contributed by atoms with E-state index in [2.05, 4.69) is 27.3 Å². The van der Waals surface area contributed by atoms with Crippen LogP contribution in [0.2, 0.25) is 0 Å². The molecule has 5 rings (SSSR count). The van der Waals surface area contributed by atoms with Gasteiger partial charge in [-0.05, 0) is 49.9 Å². The number of alkyl halides is 3. The summed E-state index contributed by atoms with van der Waals surface area (Å²) in [5.41, 5.74) is -1.51. The molecule has 0 spiro atoms. The molecule has 0 aliphatic carbocycles. The average molecular weight is 639 g/mol. The van der Waals surface area contributed by atoms with Crippen LogP contribution in [0.3, 0.4) is 0 Å². The van der Waals surface area contributed by atoms with Crippen LogP contribution in [0.25, 0.3) is 10.8 Å². The van der Waals surface area contributed by atoms with Crippen LogP contribution < -0.4 is 21.3 Å². The molecular weight excluding hydrogens is 602 g/mol. The average Bonchev–Trinajstić information content (AvgIpc) is 2.99. The van der Waals surface area contributed by atoms with Gasteiger partial charge in [-0.1, -0.05) is 13.8 Å². The molecule has 2 aromatic carbocycles. The second kappa shape index (κ2) is 14.6. The number of piperazine rings is 1. The lowest BCUT2D eigenvalue weighted by Gasteiger charge is -2.33. The van der Waals surface area contributed by atoms with Gasteiger partial charge in [-0.25, -0.2) is 17.9 Å². The molecule has 4 aromatic rings. The van der Waals surface area contributed by atoms with Crippen LogP contribution >= 0.6 is 0 Å². The highest BCUT2D eigenvalue weighted by atomic mass is 19.4. The predicted octanol–water partition coefficient (Wildman–Crippen LogP) is 5.71. The minimum absolute atomic E-state index is 0.0392. The van der Waals surface area contributed by atoms with Crippen molar-refractivity contribution in [2.75, 3.05) is 43.4 Å². The molecule has 1 N–H and O–H groups in total. The van der Waals surface area contributed by atoms with Crippen LogP contribution in [0.1, 0.15) is 37.9 Å². The molecule has 0 amide bonds. The van der Waals surface area contributed by atoms with Gasteiger partial charge in [0.2, 0.25) is 0 Å². The van der Waals surface area contributed by atoms with Gasteiger partial charge in [0.25, 0.3) is 11.1 Å². The van der Waals surface area contributed by atoms with Crippen molar-refractivity contribution < 1.29 is 26.3 Å². The summed E-state index contributed by atoms with van der Waals surface area (Å²) < 4.78 is 83.7. The van der Waals surface area contributed by atoms with Crippen LogP contribution in [-0.4, -0.2) is 52.5 Å². The standard InChI is InChI=1S/C19H14F6N2O.C10H16N4O.C2H6/c1-9(26-16-4-3-10(20)7-14(16)19(23,24)25)12-5-11(21)6-13-17(12)15(22)8-27(2)18(13)28;1-12-3-5-14(6-4-12)9-7-10(15)13(2)11-8-9;1-2/h3-9,26H,1-2H3;7-8H,3-6H2,1-2H3;1-2H3/t9-;;/m1../s1. The number of aryl methyl sites for hydroxylation is 2. The van der Waals surface area contributed by atoms with Gasteiger partial charge in [-0.2, -0.15) is 18.3 Å². The van der Waals surface area contributed by atoms with Crippen molar-refractivity contribution in [3.8, 4) is 0 Å². The maximum absolute atomic E-state index is 14.5. The molecule has 1 fully saturated rings. The van der Waals surface area contributed by atoms with Gasteiger partial charge < -0.3 is 19.7 Å². The molecule has 0 radical (unpaired) electrons. The van der Waals surface area contributed by atoms with Crippen LogP contribution in [-0.2, 0) is 20.3 Å². The third kappa shape index (κ3) is 8.44. The molecule has 14 heteroatoms. The molecule has 45 heavy (non-hydrogen) atoms. The number of rotatable bonds is 4. The topological polar surface area (TPSA) is 75.4 Å². The van der Waals surface area contributed by atoms with E-state index in [9.17, 15) is 35.9 Å². The predicted molar refractivity (Wildman–Crippen MR) is 163 cm³/mol. The van der Waals surface area contributed by atoms with Crippen LogP contribution in [0.4, 0.5) is 37.7 Å². The number of likely N-dealkylation sites (N-methyl/N-ethyl adjacent to an activating group) is 1. The zero-order valence-electron chi connectivity index (χ0n) is 25.8.